The van der Waals surface area contributed by atoms with E-state index in [1.807, 2.05) is 36.1 Å². The van der Waals surface area contributed by atoms with Crippen LogP contribution in [0.3, 0.4) is 0 Å². The lowest BCUT2D eigenvalue weighted by Gasteiger charge is -2.31. The summed E-state index contributed by atoms with van der Waals surface area (Å²) in [6.07, 6.45) is 2.70. The van der Waals surface area contributed by atoms with E-state index in [-0.39, 0.29) is 18.4 Å². The minimum absolute atomic E-state index is 0.0461. The van der Waals surface area contributed by atoms with Crippen molar-refractivity contribution in [2.45, 2.75) is 46.0 Å². The van der Waals surface area contributed by atoms with Crippen molar-refractivity contribution in [1.82, 2.24) is 15.0 Å². The van der Waals surface area contributed by atoms with Crippen molar-refractivity contribution in [1.29, 1.82) is 0 Å². The summed E-state index contributed by atoms with van der Waals surface area (Å²) < 4.78 is 11.0. The number of piperidine rings is 1. The fraction of sp³-hybridized carbons (Fsp3) is 0.550. The van der Waals surface area contributed by atoms with Crippen molar-refractivity contribution in [3.05, 3.63) is 41.5 Å². The number of aryl methyl sites for hydroxylation is 1. The molecule has 6 nitrogen and oxygen atoms in total. The molecular weight excluding hydrogens is 330 g/mol. The van der Waals surface area contributed by atoms with Gasteiger partial charge in [-0.2, -0.15) is 4.98 Å². The van der Waals surface area contributed by atoms with Crippen LogP contribution >= 0.6 is 0 Å². The van der Waals surface area contributed by atoms with E-state index in [9.17, 15) is 4.79 Å². The van der Waals surface area contributed by atoms with Crippen molar-refractivity contribution < 1.29 is 14.1 Å². The summed E-state index contributed by atoms with van der Waals surface area (Å²) in [6.45, 7) is 7.72. The van der Waals surface area contributed by atoms with Crippen molar-refractivity contribution in [2.75, 3.05) is 19.7 Å². The Hall–Kier alpha value is -2.37. The summed E-state index contributed by atoms with van der Waals surface area (Å²) in [7, 11) is 0. The fourth-order valence-corrected chi connectivity index (χ4v) is 3.16. The van der Waals surface area contributed by atoms with Gasteiger partial charge >= 0.3 is 0 Å². The van der Waals surface area contributed by atoms with E-state index >= 15 is 0 Å². The Bertz CT molecular complexity index is 733. The molecule has 1 fully saturated rings. The number of rotatable bonds is 6. The largest absolute Gasteiger partial charge is 0.484 e. The molecule has 0 atom stereocenters. The Morgan fingerprint density at radius 1 is 1.35 bits per heavy atom. The van der Waals surface area contributed by atoms with Gasteiger partial charge in [0.2, 0.25) is 5.89 Å². The third-order valence-electron chi connectivity index (χ3n) is 4.78. The number of ether oxygens (including phenoxy) is 1. The van der Waals surface area contributed by atoms with E-state index in [1.54, 1.807) is 0 Å². The molecule has 0 radical (unpaired) electrons. The highest BCUT2D eigenvalue weighted by atomic mass is 16.5. The maximum absolute atomic E-state index is 12.4. The number of hydrogen-bond acceptors (Lipinski definition) is 5. The number of amides is 1. The van der Waals surface area contributed by atoms with Crippen molar-refractivity contribution in [3.8, 4) is 5.75 Å². The molecule has 6 heteroatoms. The normalized spacial score (nSPS) is 15.5. The van der Waals surface area contributed by atoms with Crippen LogP contribution in [0.2, 0.25) is 0 Å². The average molecular weight is 357 g/mol. The van der Waals surface area contributed by atoms with Crippen LogP contribution < -0.4 is 4.74 Å². The smallest absolute Gasteiger partial charge is 0.260 e. The monoisotopic (exact) mass is 357 g/mol. The SMILES string of the molecule is Cc1cccc(OCC(=O)N2CCC(Cc3nc(C(C)C)no3)CC2)c1. The summed E-state index contributed by atoms with van der Waals surface area (Å²) in [5, 5.41) is 4.02. The number of likely N-dealkylation sites (tertiary alicyclic amines) is 1. The summed E-state index contributed by atoms with van der Waals surface area (Å²) in [5.41, 5.74) is 1.12. The van der Waals surface area contributed by atoms with Gasteiger partial charge in [0.05, 0.1) is 0 Å². The predicted octanol–water partition coefficient (Wildman–Crippen LogP) is 3.36. The van der Waals surface area contributed by atoms with Crippen molar-refractivity contribution in [2.24, 2.45) is 5.92 Å². The Balaban J connectivity index is 1.43. The lowest BCUT2D eigenvalue weighted by Crippen LogP contribution is -2.41. The molecule has 140 valence electrons. The molecule has 0 N–H and O–H groups in total. The van der Waals surface area contributed by atoms with Crippen LogP contribution in [0.25, 0.3) is 0 Å². The first-order valence-corrected chi connectivity index (χ1v) is 9.31. The minimum atomic E-state index is 0.0461. The number of hydrogen-bond donors (Lipinski definition) is 0. The van der Waals surface area contributed by atoms with Gasteiger partial charge in [0.15, 0.2) is 12.4 Å². The molecule has 0 saturated carbocycles. The standard InChI is InChI=1S/C20H27N3O3/c1-14(2)20-21-18(26-22-20)12-16-7-9-23(10-8-16)19(24)13-25-17-6-4-5-15(3)11-17/h4-6,11,14,16H,7-10,12-13H2,1-3H3. The summed E-state index contributed by atoms with van der Waals surface area (Å²) in [5.74, 6) is 3.02. The lowest BCUT2D eigenvalue weighted by molar-refractivity contribution is -0.134. The molecule has 0 bridgehead atoms. The molecule has 0 unspecified atom stereocenters. The molecule has 1 saturated heterocycles. The van der Waals surface area contributed by atoms with Crippen LogP contribution in [0, 0.1) is 12.8 Å². The van der Waals surface area contributed by atoms with Crippen LogP contribution in [0.15, 0.2) is 28.8 Å². The molecule has 1 aliphatic rings. The van der Waals surface area contributed by atoms with Gasteiger partial charge in [-0.3, -0.25) is 4.79 Å². The van der Waals surface area contributed by atoms with Gasteiger partial charge in [-0.05, 0) is 43.4 Å². The minimum Gasteiger partial charge on any atom is -0.484 e. The van der Waals surface area contributed by atoms with Crippen LogP contribution in [0.4, 0.5) is 0 Å². The van der Waals surface area contributed by atoms with E-state index in [2.05, 4.69) is 24.0 Å². The number of nitrogens with zero attached hydrogens (tertiary/aromatic N) is 3. The van der Waals surface area contributed by atoms with Gasteiger partial charge in [-0.1, -0.05) is 31.1 Å². The van der Waals surface area contributed by atoms with Crippen molar-refractivity contribution >= 4 is 5.91 Å². The first kappa shape index (κ1) is 18.4. The Kier molecular flexibility index (Phi) is 5.91. The summed E-state index contributed by atoms with van der Waals surface area (Å²) >= 11 is 0. The highest BCUT2D eigenvalue weighted by Crippen LogP contribution is 2.22. The predicted molar refractivity (Wildman–Crippen MR) is 98.1 cm³/mol. The molecule has 1 amide bonds. The molecule has 0 aliphatic carbocycles. The number of carbonyl (C=O) groups excluding carboxylic acids is 1. The zero-order chi connectivity index (χ0) is 18.5. The average Bonchev–Trinajstić information content (AvgIpc) is 3.09. The first-order chi connectivity index (χ1) is 12.5. The van der Waals surface area contributed by atoms with E-state index in [0.717, 1.165) is 49.5 Å². The van der Waals surface area contributed by atoms with Crippen LogP contribution in [0.1, 0.15) is 49.9 Å². The highest BCUT2D eigenvalue weighted by molar-refractivity contribution is 5.77. The van der Waals surface area contributed by atoms with Crippen LogP contribution in [0.5, 0.6) is 5.75 Å². The summed E-state index contributed by atoms with van der Waals surface area (Å²) in [4.78, 5) is 18.7. The Labute approximate surface area is 154 Å². The van der Waals surface area contributed by atoms with Gasteiger partial charge in [0.1, 0.15) is 5.75 Å². The number of benzene rings is 1. The van der Waals surface area contributed by atoms with Crippen molar-refractivity contribution in [3.63, 3.8) is 0 Å². The first-order valence-electron chi connectivity index (χ1n) is 9.31. The molecule has 1 aromatic carbocycles. The zero-order valence-corrected chi connectivity index (χ0v) is 15.8. The third kappa shape index (κ3) is 4.84. The molecule has 2 heterocycles. The van der Waals surface area contributed by atoms with Gasteiger partial charge in [0.25, 0.3) is 5.91 Å². The van der Waals surface area contributed by atoms with Gasteiger partial charge < -0.3 is 14.2 Å². The second kappa shape index (κ2) is 8.34. The summed E-state index contributed by atoms with van der Waals surface area (Å²) in [6, 6.07) is 7.76. The molecule has 1 aromatic heterocycles. The Morgan fingerprint density at radius 3 is 2.77 bits per heavy atom. The fourth-order valence-electron chi connectivity index (χ4n) is 3.16. The molecule has 1 aliphatic heterocycles. The quantitative estimate of drug-likeness (QED) is 0.793. The highest BCUT2D eigenvalue weighted by Gasteiger charge is 2.25. The van der Waals surface area contributed by atoms with Gasteiger partial charge in [0, 0.05) is 25.4 Å². The Morgan fingerprint density at radius 2 is 2.12 bits per heavy atom. The van der Waals surface area contributed by atoms with E-state index < -0.39 is 0 Å². The molecule has 2 aromatic rings. The topological polar surface area (TPSA) is 68.5 Å². The molecule has 26 heavy (non-hydrogen) atoms. The van der Waals surface area contributed by atoms with E-state index in [0.29, 0.717) is 11.8 Å². The zero-order valence-electron chi connectivity index (χ0n) is 15.8. The maximum Gasteiger partial charge on any atom is 0.260 e. The van der Waals surface area contributed by atoms with Crippen LogP contribution in [-0.4, -0.2) is 40.6 Å². The maximum atomic E-state index is 12.4. The second-order valence-corrected chi connectivity index (χ2v) is 7.33. The second-order valence-electron chi connectivity index (χ2n) is 7.33. The van der Waals surface area contributed by atoms with Crippen LogP contribution in [-0.2, 0) is 11.2 Å². The molecule has 0 spiro atoms. The number of aromatic nitrogens is 2. The molecular formula is C20H27N3O3. The van der Waals surface area contributed by atoms with Gasteiger partial charge in [-0.15, -0.1) is 0 Å². The third-order valence-corrected chi connectivity index (χ3v) is 4.78. The van der Waals surface area contributed by atoms with E-state index in [4.69, 9.17) is 9.26 Å². The van der Waals surface area contributed by atoms with E-state index in [1.165, 1.54) is 0 Å². The molecule has 3 rings (SSSR count). The number of carbonyl (C=O) groups is 1. The lowest BCUT2D eigenvalue weighted by atomic mass is 9.93. The van der Waals surface area contributed by atoms with Gasteiger partial charge in [-0.25, -0.2) is 0 Å².